The molecule has 0 fully saturated rings. The number of aromatic nitrogens is 2. The van der Waals surface area contributed by atoms with E-state index < -0.39 is 17.9 Å². The van der Waals surface area contributed by atoms with Crippen LogP contribution in [0.15, 0.2) is 42.6 Å². The van der Waals surface area contributed by atoms with Gasteiger partial charge >= 0.3 is 0 Å². The van der Waals surface area contributed by atoms with Crippen LogP contribution in [-0.2, 0) is 9.59 Å². The third kappa shape index (κ3) is 4.07. The van der Waals surface area contributed by atoms with Crippen molar-refractivity contribution < 1.29 is 14.3 Å². The minimum absolute atomic E-state index is 0.217. The van der Waals surface area contributed by atoms with E-state index in [4.69, 9.17) is 10.5 Å². The molecule has 2 aromatic rings. The van der Waals surface area contributed by atoms with Crippen molar-refractivity contribution in [3.63, 3.8) is 0 Å². The minimum atomic E-state index is -0.775. The highest BCUT2D eigenvalue weighted by atomic mass is 16.5. The molecule has 1 aromatic carbocycles. The molecule has 2 amide bonds. The topological polar surface area (TPSA) is 99.2 Å². The van der Waals surface area contributed by atoms with Crippen molar-refractivity contribution in [3.05, 3.63) is 42.6 Å². The molecule has 0 aliphatic heterocycles. The number of nitrogens with two attached hydrogens (primary N) is 1. The summed E-state index contributed by atoms with van der Waals surface area (Å²) in [6.07, 6.45) is 0.960. The van der Waals surface area contributed by atoms with Gasteiger partial charge in [-0.15, -0.1) is 5.10 Å². The molecule has 0 unspecified atom stereocenters. The second-order valence-corrected chi connectivity index (χ2v) is 4.38. The Kier molecular flexibility index (Phi) is 4.55. The highest BCUT2D eigenvalue weighted by Crippen LogP contribution is 2.12. The highest BCUT2D eigenvalue weighted by Gasteiger charge is 2.16. The van der Waals surface area contributed by atoms with Crippen LogP contribution in [0.4, 0.5) is 0 Å². The second kappa shape index (κ2) is 6.56. The van der Waals surface area contributed by atoms with Crippen molar-refractivity contribution in [1.29, 1.82) is 0 Å². The molecule has 110 valence electrons. The SMILES string of the molecule is C[C@@H](Oc1ccn(-c2ccccc2)n1)C(=O)NCC(N)=O. The normalized spacial score (nSPS) is 11.7. The van der Waals surface area contributed by atoms with Crippen molar-refractivity contribution in [2.24, 2.45) is 5.73 Å². The van der Waals surface area contributed by atoms with Gasteiger partial charge in [0.2, 0.25) is 11.8 Å². The molecule has 21 heavy (non-hydrogen) atoms. The molecule has 1 atom stereocenters. The first-order valence-corrected chi connectivity index (χ1v) is 6.40. The van der Waals surface area contributed by atoms with Gasteiger partial charge in [-0.3, -0.25) is 9.59 Å². The van der Waals surface area contributed by atoms with Crippen molar-refractivity contribution >= 4 is 11.8 Å². The Morgan fingerprint density at radius 2 is 2.05 bits per heavy atom. The number of ether oxygens (including phenoxy) is 1. The van der Waals surface area contributed by atoms with E-state index >= 15 is 0 Å². The summed E-state index contributed by atoms with van der Waals surface area (Å²) in [5.74, 6) is -0.715. The Morgan fingerprint density at radius 1 is 1.33 bits per heavy atom. The number of carbonyl (C=O) groups excluding carboxylic acids is 2. The number of nitrogens with one attached hydrogen (secondary N) is 1. The van der Waals surface area contributed by atoms with Gasteiger partial charge in [0.25, 0.3) is 5.91 Å². The molecule has 1 aromatic heterocycles. The van der Waals surface area contributed by atoms with Crippen LogP contribution in [-0.4, -0.2) is 34.2 Å². The van der Waals surface area contributed by atoms with Crippen LogP contribution in [0.3, 0.4) is 0 Å². The van der Waals surface area contributed by atoms with Gasteiger partial charge in [-0.25, -0.2) is 4.68 Å². The summed E-state index contributed by atoms with van der Waals surface area (Å²) in [5.41, 5.74) is 5.84. The minimum Gasteiger partial charge on any atom is -0.463 e. The molecule has 0 saturated carbocycles. The number of hydrogen-bond acceptors (Lipinski definition) is 4. The third-order valence-electron chi connectivity index (χ3n) is 2.69. The number of rotatable bonds is 6. The van der Waals surface area contributed by atoms with Crippen molar-refractivity contribution in [2.45, 2.75) is 13.0 Å². The van der Waals surface area contributed by atoms with Gasteiger partial charge < -0.3 is 15.8 Å². The van der Waals surface area contributed by atoms with E-state index in [1.165, 1.54) is 0 Å². The molecular weight excluding hydrogens is 272 g/mol. The Bertz CT molecular complexity index is 624. The summed E-state index contributed by atoms with van der Waals surface area (Å²) in [4.78, 5) is 22.2. The van der Waals surface area contributed by atoms with E-state index in [1.807, 2.05) is 30.3 Å². The van der Waals surface area contributed by atoms with Crippen LogP contribution in [0.25, 0.3) is 5.69 Å². The van der Waals surface area contributed by atoms with Gasteiger partial charge in [0.1, 0.15) is 0 Å². The van der Waals surface area contributed by atoms with Crippen LogP contribution in [0.1, 0.15) is 6.92 Å². The molecule has 0 aliphatic carbocycles. The van der Waals surface area contributed by atoms with Crippen LogP contribution >= 0.6 is 0 Å². The summed E-state index contributed by atoms with van der Waals surface area (Å²) in [6.45, 7) is 1.35. The van der Waals surface area contributed by atoms with Crippen LogP contribution in [0.5, 0.6) is 5.88 Å². The van der Waals surface area contributed by atoms with Crippen molar-refractivity contribution in [1.82, 2.24) is 15.1 Å². The van der Waals surface area contributed by atoms with Crippen molar-refractivity contribution in [2.75, 3.05) is 6.54 Å². The van der Waals surface area contributed by atoms with E-state index in [1.54, 1.807) is 23.9 Å². The predicted octanol–water partition coefficient (Wildman–Crippen LogP) is 0.241. The van der Waals surface area contributed by atoms with Crippen LogP contribution in [0, 0.1) is 0 Å². The Labute approximate surface area is 121 Å². The lowest BCUT2D eigenvalue weighted by Gasteiger charge is -2.11. The van der Waals surface area contributed by atoms with E-state index in [9.17, 15) is 9.59 Å². The molecule has 7 nitrogen and oxygen atoms in total. The average Bonchev–Trinajstić information content (AvgIpc) is 2.94. The smallest absolute Gasteiger partial charge is 0.261 e. The standard InChI is InChI=1S/C14H16N4O3/c1-10(14(20)16-9-12(15)19)21-13-7-8-18(17-13)11-5-3-2-4-6-11/h2-8,10H,9H2,1H3,(H2,15,19)(H,16,20)/t10-/m1/s1. The quantitative estimate of drug-likeness (QED) is 0.795. The summed E-state index contributed by atoms with van der Waals surface area (Å²) in [6, 6.07) is 11.2. The zero-order valence-corrected chi connectivity index (χ0v) is 11.5. The first-order valence-electron chi connectivity index (χ1n) is 6.40. The van der Waals surface area contributed by atoms with Crippen molar-refractivity contribution in [3.8, 4) is 11.6 Å². The lowest BCUT2D eigenvalue weighted by atomic mass is 10.3. The third-order valence-corrected chi connectivity index (χ3v) is 2.69. The second-order valence-electron chi connectivity index (χ2n) is 4.38. The molecule has 0 saturated heterocycles. The number of primary amides is 1. The number of para-hydroxylation sites is 1. The van der Waals surface area contributed by atoms with Gasteiger partial charge in [-0.1, -0.05) is 18.2 Å². The first kappa shape index (κ1) is 14.6. The van der Waals surface area contributed by atoms with E-state index in [2.05, 4.69) is 10.4 Å². The molecular formula is C14H16N4O3. The van der Waals surface area contributed by atoms with Gasteiger partial charge in [0.15, 0.2) is 6.10 Å². The lowest BCUT2D eigenvalue weighted by Crippen LogP contribution is -2.40. The number of hydrogen-bond donors (Lipinski definition) is 2. The summed E-state index contributed by atoms with van der Waals surface area (Å²) >= 11 is 0. The maximum atomic E-state index is 11.7. The zero-order valence-electron chi connectivity index (χ0n) is 11.5. The molecule has 0 radical (unpaired) electrons. The van der Waals surface area contributed by atoms with Crippen LogP contribution < -0.4 is 15.8 Å². The highest BCUT2D eigenvalue weighted by molar-refractivity contribution is 5.86. The fourth-order valence-corrected chi connectivity index (χ4v) is 1.65. The van der Waals surface area contributed by atoms with Gasteiger partial charge in [0.05, 0.1) is 12.2 Å². The number of benzene rings is 1. The largest absolute Gasteiger partial charge is 0.463 e. The monoisotopic (exact) mass is 288 g/mol. The maximum Gasteiger partial charge on any atom is 0.261 e. The fourth-order valence-electron chi connectivity index (χ4n) is 1.65. The molecule has 0 spiro atoms. The van der Waals surface area contributed by atoms with Crippen LogP contribution in [0.2, 0.25) is 0 Å². The van der Waals surface area contributed by atoms with E-state index in [0.717, 1.165) is 5.69 Å². The molecule has 0 aliphatic rings. The number of nitrogens with zero attached hydrogens (tertiary/aromatic N) is 2. The average molecular weight is 288 g/mol. The Balaban J connectivity index is 1.96. The fraction of sp³-hybridized carbons (Fsp3) is 0.214. The molecule has 2 rings (SSSR count). The van der Waals surface area contributed by atoms with Gasteiger partial charge in [-0.2, -0.15) is 0 Å². The Hall–Kier alpha value is -2.83. The Morgan fingerprint density at radius 3 is 2.71 bits per heavy atom. The lowest BCUT2D eigenvalue weighted by molar-refractivity contribution is -0.129. The molecule has 7 heteroatoms. The van der Waals surface area contributed by atoms with Gasteiger partial charge in [0, 0.05) is 12.3 Å². The number of carbonyl (C=O) groups is 2. The molecule has 0 bridgehead atoms. The maximum absolute atomic E-state index is 11.7. The van der Waals surface area contributed by atoms with E-state index in [-0.39, 0.29) is 6.54 Å². The van der Waals surface area contributed by atoms with Gasteiger partial charge in [-0.05, 0) is 19.1 Å². The molecule has 3 N–H and O–H groups in total. The van der Waals surface area contributed by atoms with E-state index in [0.29, 0.717) is 5.88 Å². The predicted molar refractivity (Wildman–Crippen MR) is 75.9 cm³/mol. The summed E-state index contributed by atoms with van der Waals surface area (Å²) < 4.78 is 7.06. The zero-order chi connectivity index (χ0) is 15.2. The first-order chi connectivity index (χ1) is 10.1. The number of amides is 2. The summed E-state index contributed by atoms with van der Waals surface area (Å²) in [5, 5.41) is 6.59. The summed E-state index contributed by atoms with van der Waals surface area (Å²) in [7, 11) is 0. The molecule has 1 heterocycles.